The molecule has 0 spiro atoms. The molecule has 4 rings (SSSR count). The normalized spacial score (nSPS) is 15.1. The fourth-order valence-electron chi connectivity index (χ4n) is 3.63. The summed E-state index contributed by atoms with van der Waals surface area (Å²) in [5.41, 5.74) is 3.91. The SMILES string of the molecule is C=C(CN1CCc2[nH]c3ccc(F)cc3c2C1)c1ccc(C(F)(F)F)cc1. The number of benzene rings is 2. The largest absolute Gasteiger partial charge is 0.416 e. The molecule has 140 valence electrons. The second-order valence-electron chi connectivity index (χ2n) is 6.91. The van der Waals surface area contributed by atoms with Crippen LogP contribution in [0.2, 0.25) is 0 Å². The van der Waals surface area contributed by atoms with Gasteiger partial charge in [0.25, 0.3) is 0 Å². The lowest BCUT2D eigenvalue weighted by Gasteiger charge is -2.28. The summed E-state index contributed by atoms with van der Waals surface area (Å²) in [6, 6.07) is 9.81. The van der Waals surface area contributed by atoms with Crippen LogP contribution in [0.3, 0.4) is 0 Å². The topological polar surface area (TPSA) is 19.0 Å². The Bertz CT molecular complexity index is 999. The molecule has 0 radical (unpaired) electrons. The summed E-state index contributed by atoms with van der Waals surface area (Å²) in [5, 5.41) is 0.884. The van der Waals surface area contributed by atoms with Gasteiger partial charge in [0, 0.05) is 42.7 Å². The first-order chi connectivity index (χ1) is 12.8. The fourth-order valence-corrected chi connectivity index (χ4v) is 3.63. The molecule has 0 bridgehead atoms. The summed E-state index contributed by atoms with van der Waals surface area (Å²) in [5.74, 6) is -0.268. The van der Waals surface area contributed by atoms with E-state index in [1.807, 2.05) is 0 Å². The van der Waals surface area contributed by atoms with Crippen molar-refractivity contribution in [1.82, 2.24) is 9.88 Å². The average Bonchev–Trinajstić information content (AvgIpc) is 2.98. The number of fused-ring (bicyclic) bond motifs is 3. The Morgan fingerprint density at radius 2 is 1.85 bits per heavy atom. The predicted molar refractivity (Wildman–Crippen MR) is 97.7 cm³/mol. The molecule has 1 aromatic heterocycles. The van der Waals surface area contributed by atoms with Crippen molar-refractivity contribution in [3.05, 3.63) is 77.2 Å². The Labute approximate surface area is 154 Å². The van der Waals surface area contributed by atoms with E-state index in [9.17, 15) is 17.6 Å². The Kier molecular flexibility index (Phi) is 4.30. The van der Waals surface area contributed by atoms with Gasteiger partial charge in [0.05, 0.1) is 5.56 Å². The molecule has 0 fully saturated rings. The van der Waals surface area contributed by atoms with Crippen LogP contribution in [0.1, 0.15) is 22.4 Å². The summed E-state index contributed by atoms with van der Waals surface area (Å²) < 4.78 is 51.7. The van der Waals surface area contributed by atoms with Gasteiger partial charge in [-0.05, 0) is 47.0 Å². The zero-order valence-corrected chi connectivity index (χ0v) is 14.5. The molecule has 27 heavy (non-hydrogen) atoms. The molecule has 0 amide bonds. The van der Waals surface area contributed by atoms with E-state index >= 15 is 0 Å². The third-order valence-electron chi connectivity index (χ3n) is 5.05. The predicted octanol–water partition coefficient (Wildman–Crippen LogP) is 5.40. The van der Waals surface area contributed by atoms with Crippen LogP contribution in [0, 0.1) is 5.82 Å². The highest BCUT2D eigenvalue weighted by atomic mass is 19.4. The summed E-state index contributed by atoms with van der Waals surface area (Å²) in [6.07, 6.45) is -3.53. The highest BCUT2D eigenvalue weighted by molar-refractivity contribution is 5.85. The molecule has 2 nitrogen and oxygen atoms in total. The van der Waals surface area contributed by atoms with Crippen LogP contribution in [-0.2, 0) is 19.1 Å². The first-order valence-electron chi connectivity index (χ1n) is 8.68. The van der Waals surface area contributed by atoms with Crippen LogP contribution in [0.15, 0.2) is 49.0 Å². The summed E-state index contributed by atoms with van der Waals surface area (Å²) >= 11 is 0. The van der Waals surface area contributed by atoms with Crippen molar-refractivity contribution in [2.45, 2.75) is 19.1 Å². The number of alkyl halides is 3. The third kappa shape index (κ3) is 3.49. The molecule has 0 atom stereocenters. The Morgan fingerprint density at radius 1 is 1.11 bits per heavy atom. The molecule has 3 aromatic rings. The molecule has 2 heterocycles. The third-order valence-corrected chi connectivity index (χ3v) is 5.05. The van der Waals surface area contributed by atoms with Crippen LogP contribution in [-0.4, -0.2) is 23.0 Å². The molecule has 2 aromatic carbocycles. The summed E-state index contributed by atoms with van der Waals surface area (Å²) in [6.45, 7) is 6.05. The van der Waals surface area contributed by atoms with Gasteiger partial charge in [-0.15, -0.1) is 0 Å². The van der Waals surface area contributed by atoms with E-state index in [1.54, 1.807) is 12.1 Å². The number of halogens is 4. The molecule has 0 saturated heterocycles. The second kappa shape index (κ2) is 6.53. The fraction of sp³-hybridized carbons (Fsp3) is 0.238. The van der Waals surface area contributed by atoms with Gasteiger partial charge in [0.15, 0.2) is 0 Å². The maximum atomic E-state index is 13.6. The minimum Gasteiger partial charge on any atom is -0.358 e. The van der Waals surface area contributed by atoms with Gasteiger partial charge in [-0.1, -0.05) is 18.7 Å². The number of aromatic nitrogens is 1. The Morgan fingerprint density at radius 3 is 2.56 bits per heavy atom. The first kappa shape index (κ1) is 17.8. The number of hydrogen-bond donors (Lipinski definition) is 1. The Balaban J connectivity index is 1.50. The number of nitrogens with one attached hydrogen (secondary N) is 1. The van der Waals surface area contributed by atoms with Gasteiger partial charge in [-0.3, -0.25) is 4.90 Å². The maximum Gasteiger partial charge on any atom is 0.416 e. The summed E-state index contributed by atoms with van der Waals surface area (Å²) in [4.78, 5) is 5.53. The van der Waals surface area contributed by atoms with Crippen molar-refractivity contribution in [2.24, 2.45) is 0 Å². The zero-order valence-electron chi connectivity index (χ0n) is 14.5. The lowest BCUT2D eigenvalue weighted by Crippen LogP contribution is -2.31. The average molecular weight is 374 g/mol. The zero-order chi connectivity index (χ0) is 19.2. The molecule has 1 aliphatic heterocycles. The first-order valence-corrected chi connectivity index (χ1v) is 8.68. The van der Waals surface area contributed by atoms with Crippen molar-refractivity contribution in [2.75, 3.05) is 13.1 Å². The van der Waals surface area contributed by atoms with Crippen molar-refractivity contribution >= 4 is 16.5 Å². The Hall–Kier alpha value is -2.60. The maximum absolute atomic E-state index is 13.6. The quantitative estimate of drug-likeness (QED) is 0.609. The van der Waals surface area contributed by atoms with Crippen LogP contribution < -0.4 is 0 Å². The molecule has 0 unspecified atom stereocenters. The van der Waals surface area contributed by atoms with E-state index in [0.717, 1.165) is 52.8 Å². The van der Waals surface area contributed by atoms with E-state index in [1.165, 1.54) is 18.2 Å². The minimum atomic E-state index is -4.34. The van der Waals surface area contributed by atoms with Crippen molar-refractivity contribution in [3.63, 3.8) is 0 Å². The van der Waals surface area contributed by atoms with Crippen LogP contribution in [0.5, 0.6) is 0 Å². The van der Waals surface area contributed by atoms with Crippen LogP contribution in [0.25, 0.3) is 16.5 Å². The van der Waals surface area contributed by atoms with Crippen LogP contribution >= 0.6 is 0 Å². The summed E-state index contributed by atoms with van der Waals surface area (Å²) in [7, 11) is 0. The van der Waals surface area contributed by atoms with Gasteiger partial charge in [0.2, 0.25) is 0 Å². The van der Waals surface area contributed by atoms with Crippen molar-refractivity contribution in [1.29, 1.82) is 0 Å². The molecule has 0 aliphatic carbocycles. The molecule has 1 aliphatic rings. The number of aromatic amines is 1. The number of nitrogens with zero attached hydrogens (tertiary/aromatic N) is 1. The van der Waals surface area contributed by atoms with Crippen LogP contribution in [0.4, 0.5) is 17.6 Å². The number of rotatable bonds is 3. The number of hydrogen-bond acceptors (Lipinski definition) is 1. The molecular formula is C21H18F4N2. The molecule has 6 heteroatoms. The highest BCUT2D eigenvalue weighted by Gasteiger charge is 2.30. The van der Waals surface area contributed by atoms with Gasteiger partial charge in [0.1, 0.15) is 5.82 Å². The van der Waals surface area contributed by atoms with E-state index in [4.69, 9.17) is 0 Å². The standard InChI is InChI=1S/C21H18F4N2/c1-13(14-2-4-15(5-3-14)21(23,24)25)11-27-9-8-20-18(12-27)17-10-16(22)6-7-19(17)26-20/h2-7,10,26H,1,8-9,11-12H2. The molecular weight excluding hydrogens is 356 g/mol. The smallest absolute Gasteiger partial charge is 0.358 e. The van der Waals surface area contributed by atoms with E-state index in [-0.39, 0.29) is 5.82 Å². The van der Waals surface area contributed by atoms with Crippen molar-refractivity contribution < 1.29 is 17.6 Å². The second-order valence-corrected chi connectivity index (χ2v) is 6.91. The molecule has 1 N–H and O–H groups in total. The van der Waals surface area contributed by atoms with Gasteiger partial charge < -0.3 is 4.98 Å². The van der Waals surface area contributed by atoms with E-state index in [0.29, 0.717) is 18.7 Å². The van der Waals surface area contributed by atoms with Crippen molar-refractivity contribution in [3.8, 4) is 0 Å². The van der Waals surface area contributed by atoms with Gasteiger partial charge in [-0.25, -0.2) is 4.39 Å². The van der Waals surface area contributed by atoms with Gasteiger partial charge in [-0.2, -0.15) is 13.2 Å². The lowest BCUT2D eigenvalue weighted by molar-refractivity contribution is -0.137. The van der Waals surface area contributed by atoms with Gasteiger partial charge >= 0.3 is 6.18 Å². The van der Waals surface area contributed by atoms with E-state index < -0.39 is 11.7 Å². The monoisotopic (exact) mass is 374 g/mol. The highest BCUT2D eigenvalue weighted by Crippen LogP contribution is 2.31. The van der Waals surface area contributed by atoms with E-state index in [2.05, 4.69) is 16.5 Å². The number of H-pyrrole nitrogens is 1. The molecule has 0 saturated carbocycles. The lowest BCUT2D eigenvalue weighted by atomic mass is 10.0. The minimum absolute atomic E-state index is 0.268.